The lowest BCUT2D eigenvalue weighted by molar-refractivity contribution is 0.402. The number of nitrogens with zero attached hydrogens (tertiary/aromatic N) is 7. The van der Waals surface area contributed by atoms with Gasteiger partial charge in [0.1, 0.15) is 11.5 Å². The molecule has 0 spiro atoms. The molecule has 0 N–H and O–H groups in total. The van der Waals surface area contributed by atoms with Gasteiger partial charge in [-0.3, -0.25) is 0 Å². The van der Waals surface area contributed by atoms with Crippen LogP contribution in [0.1, 0.15) is 18.4 Å². The number of aromatic nitrogens is 5. The molecular weight excluding hydrogens is 290 g/mol. The van der Waals surface area contributed by atoms with Gasteiger partial charge in [-0.25, -0.2) is 14.2 Å². The highest BCUT2D eigenvalue weighted by molar-refractivity contribution is 5.60. The summed E-state index contributed by atoms with van der Waals surface area (Å²) in [6, 6.07) is 2.04. The Hall–Kier alpha value is -2.41. The first-order chi connectivity index (χ1) is 11.2. The summed E-state index contributed by atoms with van der Waals surface area (Å²) in [5, 5.41) is 8.87. The molecule has 4 heterocycles. The van der Waals surface area contributed by atoms with E-state index in [9.17, 15) is 0 Å². The summed E-state index contributed by atoms with van der Waals surface area (Å²) in [7, 11) is 4.10. The van der Waals surface area contributed by atoms with E-state index >= 15 is 0 Å². The van der Waals surface area contributed by atoms with Crippen LogP contribution in [0.5, 0.6) is 0 Å². The van der Waals surface area contributed by atoms with Crippen LogP contribution < -0.4 is 4.90 Å². The molecule has 0 radical (unpaired) electrons. The zero-order valence-corrected chi connectivity index (χ0v) is 13.6. The molecule has 0 aliphatic carbocycles. The first-order valence-corrected chi connectivity index (χ1v) is 7.99. The Kier molecular flexibility index (Phi) is 3.49. The fourth-order valence-electron chi connectivity index (χ4n) is 3.07. The maximum atomic E-state index is 4.82. The highest BCUT2D eigenvalue weighted by Gasteiger charge is 2.16. The number of anilines is 1. The summed E-state index contributed by atoms with van der Waals surface area (Å²) < 4.78 is 3.67. The largest absolute Gasteiger partial charge is 0.356 e. The third kappa shape index (κ3) is 2.68. The molecule has 0 amide bonds. The van der Waals surface area contributed by atoms with Gasteiger partial charge < -0.3 is 9.80 Å². The van der Waals surface area contributed by atoms with Crippen molar-refractivity contribution in [1.82, 2.24) is 29.3 Å². The lowest BCUT2D eigenvalue weighted by Crippen LogP contribution is -2.19. The van der Waals surface area contributed by atoms with E-state index in [2.05, 4.69) is 34.1 Å². The van der Waals surface area contributed by atoms with Crippen LogP contribution in [0, 0.1) is 0 Å². The van der Waals surface area contributed by atoms with E-state index in [1.165, 1.54) is 18.4 Å². The molecule has 7 heteroatoms. The first kappa shape index (κ1) is 14.2. The van der Waals surface area contributed by atoms with Crippen molar-refractivity contribution in [3.05, 3.63) is 36.4 Å². The van der Waals surface area contributed by atoms with Gasteiger partial charge in [-0.15, -0.1) is 0 Å². The molecular formula is C16H21N7. The molecule has 3 aromatic heterocycles. The fraction of sp³-hybridized carbons (Fsp3) is 0.438. The van der Waals surface area contributed by atoms with Gasteiger partial charge in [-0.05, 0) is 33.0 Å². The fourth-order valence-corrected chi connectivity index (χ4v) is 3.07. The van der Waals surface area contributed by atoms with Gasteiger partial charge in [0.05, 0.1) is 12.4 Å². The van der Waals surface area contributed by atoms with Crippen molar-refractivity contribution in [3.63, 3.8) is 0 Å². The molecule has 0 unspecified atom stereocenters. The lowest BCUT2D eigenvalue weighted by Gasteiger charge is -2.16. The Balaban J connectivity index is 1.71. The van der Waals surface area contributed by atoms with Crippen LogP contribution in [0.3, 0.4) is 0 Å². The summed E-state index contributed by atoms with van der Waals surface area (Å²) in [6.45, 7) is 3.04. The molecule has 23 heavy (non-hydrogen) atoms. The molecule has 0 bridgehead atoms. The van der Waals surface area contributed by atoms with Crippen molar-refractivity contribution in [2.24, 2.45) is 0 Å². The van der Waals surface area contributed by atoms with Crippen LogP contribution in [0.25, 0.3) is 11.3 Å². The second-order valence-corrected chi connectivity index (χ2v) is 6.31. The number of rotatable bonds is 4. The average molecular weight is 311 g/mol. The SMILES string of the molecule is CN(C)Cc1cnn(-c2cnn3ccc(N4CCCC4)nc23)c1. The maximum Gasteiger partial charge on any atom is 0.183 e. The summed E-state index contributed by atoms with van der Waals surface area (Å²) in [5.41, 5.74) is 2.93. The average Bonchev–Trinajstić information content (AvgIpc) is 3.26. The van der Waals surface area contributed by atoms with Crippen LogP contribution in [0.2, 0.25) is 0 Å². The Morgan fingerprint density at radius 3 is 2.74 bits per heavy atom. The highest BCUT2D eigenvalue weighted by Crippen LogP contribution is 2.21. The summed E-state index contributed by atoms with van der Waals surface area (Å²) >= 11 is 0. The third-order valence-electron chi connectivity index (χ3n) is 4.15. The van der Waals surface area contributed by atoms with Crippen LogP contribution >= 0.6 is 0 Å². The highest BCUT2D eigenvalue weighted by atomic mass is 15.3. The van der Waals surface area contributed by atoms with Gasteiger partial charge in [0.2, 0.25) is 0 Å². The molecule has 7 nitrogen and oxygen atoms in total. The maximum absolute atomic E-state index is 4.82. The van der Waals surface area contributed by atoms with Crippen LogP contribution in [0.4, 0.5) is 5.82 Å². The molecule has 1 aliphatic rings. The van der Waals surface area contributed by atoms with E-state index in [1.54, 1.807) is 0 Å². The Morgan fingerprint density at radius 2 is 1.96 bits per heavy atom. The molecule has 1 fully saturated rings. The van der Waals surface area contributed by atoms with Gasteiger partial charge in [-0.1, -0.05) is 0 Å². The predicted octanol–water partition coefficient (Wildman–Crippen LogP) is 1.58. The van der Waals surface area contributed by atoms with E-state index in [4.69, 9.17) is 4.98 Å². The molecule has 1 aliphatic heterocycles. The summed E-state index contributed by atoms with van der Waals surface area (Å²) in [4.78, 5) is 9.28. The number of hydrogen-bond donors (Lipinski definition) is 0. The van der Waals surface area contributed by atoms with Crippen molar-refractivity contribution >= 4 is 11.5 Å². The van der Waals surface area contributed by atoms with Gasteiger partial charge in [0, 0.05) is 37.6 Å². The Bertz CT molecular complexity index is 811. The molecule has 3 aromatic rings. The number of fused-ring (bicyclic) bond motifs is 1. The quantitative estimate of drug-likeness (QED) is 0.732. The number of hydrogen-bond acceptors (Lipinski definition) is 5. The van der Waals surface area contributed by atoms with E-state index in [1.807, 2.05) is 40.1 Å². The van der Waals surface area contributed by atoms with Crippen molar-refractivity contribution in [1.29, 1.82) is 0 Å². The molecule has 0 aromatic carbocycles. The zero-order valence-electron chi connectivity index (χ0n) is 13.6. The van der Waals surface area contributed by atoms with Crippen molar-refractivity contribution in [2.45, 2.75) is 19.4 Å². The van der Waals surface area contributed by atoms with Gasteiger partial charge in [-0.2, -0.15) is 10.2 Å². The first-order valence-electron chi connectivity index (χ1n) is 7.99. The van der Waals surface area contributed by atoms with Crippen LogP contribution in [-0.4, -0.2) is 56.5 Å². The van der Waals surface area contributed by atoms with Crippen LogP contribution in [-0.2, 0) is 6.54 Å². The molecule has 0 saturated carbocycles. The summed E-state index contributed by atoms with van der Waals surface area (Å²) in [5.74, 6) is 1.03. The van der Waals surface area contributed by atoms with E-state index in [0.717, 1.165) is 36.8 Å². The molecule has 120 valence electrons. The minimum Gasteiger partial charge on any atom is -0.356 e. The van der Waals surface area contributed by atoms with Gasteiger partial charge in [0.15, 0.2) is 5.65 Å². The second-order valence-electron chi connectivity index (χ2n) is 6.31. The lowest BCUT2D eigenvalue weighted by atomic mass is 10.3. The molecule has 4 rings (SSSR count). The smallest absolute Gasteiger partial charge is 0.183 e. The van der Waals surface area contributed by atoms with Crippen LogP contribution in [0.15, 0.2) is 30.9 Å². The molecule has 0 atom stereocenters. The minimum atomic E-state index is 0.842. The minimum absolute atomic E-state index is 0.842. The monoisotopic (exact) mass is 311 g/mol. The van der Waals surface area contributed by atoms with E-state index < -0.39 is 0 Å². The standard InChI is InChI=1S/C16H21N7/c1-20(2)11-13-9-17-23(12-13)14-10-18-22-8-5-15(19-16(14)22)21-6-3-4-7-21/h5,8-10,12H,3-4,6-7,11H2,1-2H3. The Morgan fingerprint density at radius 1 is 1.13 bits per heavy atom. The van der Waals surface area contributed by atoms with Crippen molar-refractivity contribution in [2.75, 3.05) is 32.1 Å². The normalized spacial score (nSPS) is 15.2. The third-order valence-corrected chi connectivity index (χ3v) is 4.15. The second kappa shape index (κ2) is 5.66. The van der Waals surface area contributed by atoms with Crippen molar-refractivity contribution in [3.8, 4) is 5.69 Å². The molecule has 1 saturated heterocycles. The summed E-state index contributed by atoms with van der Waals surface area (Å²) in [6.07, 6.45) is 10.2. The van der Waals surface area contributed by atoms with Crippen molar-refractivity contribution < 1.29 is 0 Å². The predicted molar refractivity (Wildman–Crippen MR) is 88.9 cm³/mol. The topological polar surface area (TPSA) is 54.5 Å². The Labute approximate surface area is 135 Å². The zero-order chi connectivity index (χ0) is 15.8. The van der Waals surface area contributed by atoms with E-state index in [0.29, 0.717) is 0 Å². The van der Waals surface area contributed by atoms with Gasteiger partial charge >= 0.3 is 0 Å². The van der Waals surface area contributed by atoms with E-state index in [-0.39, 0.29) is 0 Å². The van der Waals surface area contributed by atoms with Gasteiger partial charge in [0.25, 0.3) is 0 Å².